The van der Waals surface area contributed by atoms with Gasteiger partial charge in [0.1, 0.15) is 11.6 Å². The summed E-state index contributed by atoms with van der Waals surface area (Å²) in [4.78, 5) is 29.0. The molecule has 8 nitrogen and oxygen atoms in total. The monoisotopic (exact) mass is 433 g/mol. The molecule has 0 spiro atoms. The molecule has 2 aromatic heterocycles. The highest BCUT2D eigenvalue weighted by Crippen LogP contribution is 2.15. The third-order valence-electron chi connectivity index (χ3n) is 4.61. The zero-order valence-corrected chi connectivity index (χ0v) is 17.2. The highest BCUT2D eigenvalue weighted by atomic mass is 19.1. The average Bonchev–Trinajstić information content (AvgIpc) is 3.22. The number of fused-ring (bicyclic) bond motifs is 1. The van der Waals surface area contributed by atoms with Crippen molar-refractivity contribution in [3.63, 3.8) is 0 Å². The van der Waals surface area contributed by atoms with E-state index in [0.717, 1.165) is 5.56 Å². The molecule has 0 saturated carbocycles. The molecule has 2 heterocycles. The highest BCUT2D eigenvalue weighted by molar-refractivity contribution is 6.04. The van der Waals surface area contributed by atoms with Crippen LogP contribution in [-0.4, -0.2) is 33.1 Å². The number of esters is 1. The fraction of sp³-hybridized carbons (Fsp3) is 0.130. The Bertz CT molecular complexity index is 1270. The molecule has 4 rings (SSSR count). The van der Waals surface area contributed by atoms with Gasteiger partial charge in [0, 0.05) is 12.2 Å². The first-order valence-electron chi connectivity index (χ1n) is 9.95. The van der Waals surface area contributed by atoms with E-state index in [4.69, 9.17) is 4.74 Å². The average molecular weight is 433 g/mol. The van der Waals surface area contributed by atoms with Gasteiger partial charge in [-0.15, -0.1) is 5.10 Å². The van der Waals surface area contributed by atoms with E-state index in [-0.39, 0.29) is 18.1 Å². The quantitative estimate of drug-likeness (QED) is 0.429. The van der Waals surface area contributed by atoms with E-state index in [1.165, 1.54) is 22.8 Å². The highest BCUT2D eigenvalue weighted by Gasteiger charge is 2.15. The second-order valence-electron chi connectivity index (χ2n) is 6.87. The van der Waals surface area contributed by atoms with E-state index in [1.807, 2.05) is 0 Å². The number of anilines is 2. The van der Waals surface area contributed by atoms with Crippen LogP contribution in [0.3, 0.4) is 0 Å². The minimum atomic E-state index is -0.461. The molecule has 0 aliphatic carbocycles. The van der Waals surface area contributed by atoms with Crippen molar-refractivity contribution in [3.8, 4) is 0 Å². The molecule has 1 amide bonds. The van der Waals surface area contributed by atoms with E-state index < -0.39 is 11.9 Å². The zero-order valence-electron chi connectivity index (χ0n) is 17.2. The molecule has 0 aliphatic heterocycles. The van der Waals surface area contributed by atoms with Crippen LogP contribution < -0.4 is 10.6 Å². The predicted octanol–water partition coefficient (Wildman–Crippen LogP) is 3.91. The Balaban J connectivity index is 1.50. The molecule has 0 bridgehead atoms. The lowest BCUT2D eigenvalue weighted by Gasteiger charge is -2.08. The Labute approximate surface area is 183 Å². The van der Waals surface area contributed by atoms with Crippen molar-refractivity contribution in [1.82, 2.24) is 14.6 Å². The third kappa shape index (κ3) is 4.72. The molecule has 0 saturated heterocycles. The molecule has 2 N–H and O–H groups in total. The minimum absolute atomic E-state index is 0.229. The fourth-order valence-electron chi connectivity index (χ4n) is 3.05. The lowest BCUT2D eigenvalue weighted by atomic mass is 10.2. The summed E-state index contributed by atoms with van der Waals surface area (Å²) in [6.07, 6.45) is 1.43. The summed E-state index contributed by atoms with van der Waals surface area (Å²) in [6, 6.07) is 16.1. The van der Waals surface area contributed by atoms with Crippen LogP contribution in [0.1, 0.15) is 33.3 Å². The molecule has 9 heteroatoms. The van der Waals surface area contributed by atoms with Crippen LogP contribution in [0.25, 0.3) is 5.65 Å². The van der Waals surface area contributed by atoms with Gasteiger partial charge in [0.2, 0.25) is 0 Å². The molecule has 0 unspecified atom stereocenters. The molecular formula is C23H20FN5O3. The van der Waals surface area contributed by atoms with Crippen molar-refractivity contribution in [2.45, 2.75) is 13.5 Å². The van der Waals surface area contributed by atoms with Crippen LogP contribution in [0, 0.1) is 5.82 Å². The van der Waals surface area contributed by atoms with Gasteiger partial charge < -0.3 is 15.4 Å². The van der Waals surface area contributed by atoms with E-state index in [1.54, 1.807) is 55.5 Å². The van der Waals surface area contributed by atoms with Crippen molar-refractivity contribution in [3.05, 3.63) is 89.5 Å². The molecule has 0 fully saturated rings. The summed E-state index contributed by atoms with van der Waals surface area (Å²) >= 11 is 0. The lowest BCUT2D eigenvalue weighted by Crippen LogP contribution is -2.16. The molecule has 32 heavy (non-hydrogen) atoms. The maximum absolute atomic E-state index is 13.1. The third-order valence-corrected chi connectivity index (χ3v) is 4.61. The maximum Gasteiger partial charge on any atom is 0.338 e. The summed E-state index contributed by atoms with van der Waals surface area (Å²) in [7, 11) is 0. The number of carbonyl (C=O) groups excluding carboxylic acids is 2. The maximum atomic E-state index is 13.1. The number of ether oxygens (including phenoxy) is 1. The van der Waals surface area contributed by atoms with Crippen molar-refractivity contribution in [2.24, 2.45) is 0 Å². The molecule has 162 valence electrons. The Kier molecular flexibility index (Phi) is 6.07. The van der Waals surface area contributed by atoms with E-state index in [9.17, 15) is 14.0 Å². The summed E-state index contributed by atoms with van der Waals surface area (Å²) in [5.74, 6) is -0.660. The van der Waals surface area contributed by atoms with Gasteiger partial charge in [0.15, 0.2) is 11.3 Å². The van der Waals surface area contributed by atoms with Crippen molar-refractivity contribution in [1.29, 1.82) is 0 Å². The van der Waals surface area contributed by atoms with Gasteiger partial charge in [-0.3, -0.25) is 4.79 Å². The van der Waals surface area contributed by atoms with E-state index >= 15 is 0 Å². The van der Waals surface area contributed by atoms with Gasteiger partial charge >= 0.3 is 5.97 Å². The van der Waals surface area contributed by atoms with Gasteiger partial charge in [-0.2, -0.15) is 0 Å². The van der Waals surface area contributed by atoms with Crippen LogP contribution in [0.2, 0.25) is 0 Å². The Morgan fingerprint density at radius 2 is 1.91 bits per heavy atom. The van der Waals surface area contributed by atoms with Gasteiger partial charge in [-0.05, 0) is 55.0 Å². The summed E-state index contributed by atoms with van der Waals surface area (Å²) < 4.78 is 19.5. The van der Waals surface area contributed by atoms with Crippen LogP contribution in [0.4, 0.5) is 15.9 Å². The number of rotatable bonds is 7. The number of aromatic nitrogens is 3. The number of hydrogen-bond acceptors (Lipinski definition) is 6. The largest absolute Gasteiger partial charge is 0.462 e. The number of nitrogens with zero attached hydrogens (tertiary/aromatic N) is 3. The Morgan fingerprint density at radius 1 is 1.09 bits per heavy atom. The molecule has 0 radical (unpaired) electrons. The Hall–Kier alpha value is -4.27. The van der Waals surface area contributed by atoms with Gasteiger partial charge in [-0.1, -0.05) is 18.2 Å². The molecule has 0 atom stereocenters. The topological polar surface area (TPSA) is 97.6 Å². The number of benzene rings is 2. The standard InChI is InChI=1S/C23H20FN5O3/c1-2-32-23(31)16-4-3-5-18(12-16)27-22(30)19-14-26-21-11-10-20(28-29(19)21)25-13-15-6-8-17(24)9-7-15/h3-12,14H,2,13H2,1H3,(H,25,28)(H,27,30). The fourth-order valence-corrected chi connectivity index (χ4v) is 3.05. The lowest BCUT2D eigenvalue weighted by molar-refractivity contribution is 0.0526. The smallest absolute Gasteiger partial charge is 0.338 e. The summed E-state index contributed by atoms with van der Waals surface area (Å²) in [6.45, 7) is 2.43. The minimum Gasteiger partial charge on any atom is -0.462 e. The summed E-state index contributed by atoms with van der Waals surface area (Å²) in [5.41, 5.74) is 2.40. The first-order valence-corrected chi connectivity index (χ1v) is 9.95. The zero-order chi connectivity index (χ0) is 22.5. The first kappa shape index (κ1) is 21.0. The Morgan fingerprint density at radius 3 is 2.69 bits per heavy atom. The van der Waals surface area contributed by atoms with Crippen molar-refractivity contribution < 1.29 is 18.7 Å². The normalized spacial score (nSPS) is 10.7. The second kappa shape index (κ2) is 9.25. The van der Waals surface area contributed by atoms with Gasteiger partial charge in [-0.25, -0.2) is 18.7 Å². The van der Waals surface area contributed by atoms with Crippen LogP contribution >= 0.6 is 0 Å². The van der Waals surface area contributed by atoms with Crippen molar-refractivity contribution in [2.75, 3.05) is 17.2 Å². The van der Waals surface area contributed by atoms with Crippen LogP contribution in [0.5, 0.6) is 0 Å². The SMILES string of the molecule is CCOC(=O)c1cccc(NC(=O)c2cnc3ccc(NCc4ccc(F)cc4)nn23)c1. The number of imidazole rings is 1. The van der Waals surface area contributed by atoms with E-state index in [0.29, 0.717) is 29.3 Å². The van der Waals surface area contributed by atoms with Gasteiger partial charge in [0.05, 0.1) is 18.4 Å². The number of carbonyl (C=O) groups is 2. The van der Waals surface area contributed by atoms with Gasteiger partial charge in [0.25, 0.3) is 5.91 Å². The van der Waals surface area contributed by atoms with Crippen LogP contribution in [-0.2, 0) is 11.3 Å². The first-order chi connectivity index (χ1) is 15.5. The number of halogens is 1. The molecular weight excluding hydrogens is 413 g/mol. The molecule has 4 aromatic rings. The molecule has 0 aliphatic rings. The number of hydrogen-bond donors (Lipinski definition) is 2. The summed E-state index contributed by atoms with van der Waals surface area (Å²) in [5, 5.41) is 10.3. The second-order valence-corrected chi connectivity index (χ2v) is 6.87. The number of amides is 1. The number of nitrogens with one attached hydrogen (secondary N) is 2. The predicted molar refractivity (Wildman–Crippen MR) is 117 cm³/mol. The van der Waals surface area contributed by atoms with Crippen LogP contribution in [0.15, 0.2) is 66.9 Å². The van der Waals surface area contributed by atoms with Crippen molar-refractivity contribution >= 4 is 29.0 Å². The van der Waals surface area contributed by atoms with E-state index in [2.05, 4.69) is 20.7 Å². The molecule has 2 aromatic carbocycles.